The lowest BCUT2D eigenvalue weighted by molar-refractivity contribution is -0.120. The third-order valence-corrected chi connectivity index (χ3v) is 4.52. The van der Waals surface area contributed by atoms with Crippen molar-refractivity contribution in [2.75, 3.05) is 6.54 Å². The Hall–Kier alpha value is -2.96. The van der Waals surface area contributed by atoms with E-state index >= 15 is 0 Å². The van der Waals surface area contributed by atoms with Crippen molar-refractivity contribution in [1.82, 2.24) is 25.2 Å². The molecule has 3 aromatic heterocycles. The molecule has 1 N–H and O–H groups in total. The first-order valence-electron chi connectivity index (χ1n) is 8.62. The van der Waals surface area contributed by atoms with Crippen LogP contribution in [0, 0.1) is 27.7 Å². The number of hydrogen-bond donors (Lipinski definition) is 1. The Labute approximate surface area is 152 Å². The van der Waals surface area contributed by atoms with Crippen LogP contribution in [0.1, 0.15) is 34.0 Å². The molecule has 0 aliphatic carbocycles. The Morgan fingerprint density at radius 1 is 1.15 bits per heavy atom. The van der Waals surface area contributed by atoms with Gasteiger partial charge in [0.25, 0.3) is 0 Å². The number of carbonyl (C=O) groups excluding carboxylic acids is 1. The maximum Gasteiger partial charge on any atom is 0.224 e. The minimum atomic E-state index is -0.0353. The van der Waals surface area contributed by atoms with Crippen molar-refractivity contribution in [1.29, 1.82) is 0 Å². The molecular weight excluding hydrogens is 330 g/mol. The van der Waals surface area contributed by atoms with Gasteiger partial charge in [0.15, 0.2) is 5.82 Å². The van der Waals surface area contributed by atoms with Crippen LogP contribution in [0.15, 0.2) is 28.9 Å². The highest BCUT2D eigenvalue weighted by atomic mass is 16.5. The summed E-state index contributed by atoms with van der Waals surface area (Å²) < 4.78 is 6.94. The first kappa shape index (κ1) is 17.8. The minimum Gasteiger partial charge on any atom is -0.361 e. The first-order chi connectivity index (χ1) is 12.5. The molecule has 0 saturated heterocycles. The number of pyridine rings is 1. The van der Waals surface area contributed by atoms with Gasteiger partial charge in [0, 0.05) is 24.0 Å². The van der Waals surface area contributed by atoms with E-state index < -0.39 is 0 Å². The Morgan fingerprint density at radius 2 is 1.96 bits per heavy atom. The summed E-state index contributed by atoms with van der Waals surface area (Å²) in [4.78, 5) is 16.5. The van der Waals surface area contributed by atoms with Gasteiger partial charge in [-0.15, -0.1) is 0 Å². The van der Waals surface area contributed by atoms with Crippen LogP contribution in [0.3, 0.4) is 0 Å². The molecule has 3 rings (SSSR count). The third-order valence-electron chi connectivity index (χ3n) is 4.52. The topological polar surface area (TPSA) is 85.8 Å². The molecule has 7 nitrogen and oxygen atoms in total. The molecule has 1 amide bonds. The van der Waals surface area contributed by atoms with Crippen LogP contribution in [0.25, 0.3) is 5.82 Å². The monoisotopic (exact) mass is 353 g/mol. The normalized spacial score (nSPS) is 10.9. The maximum atomic E-state index is 12.2. The summed E-state index contributed by atoms with van der Waals surface area (Å²) in [7, 11) is 0. The van der Waals surface area contributed by atoms with Gasteiger partial charge in [0.2, 0.25) is 5.91 Å². The van der Waals surface area contributed by atoms with E-state index in [-0.39, 0.29) is 12.3 Å². The number of nitrogens with zero attached hydrogens (tertiary/aromatic N) is 4. The van der Waals surface area contributed by atoms with Gasteiger partial charge in [-0.1, -0.05) is 11.2 Å². The standard InChI is InChI=1S/C19H23N5O2/c1-12-16(14(3)24(22-12)18-7-5-6-9-20-18)8-10-21-19(25)11-17-13(2)23-26-15(17)4/h5-7,9H,8,10-11H2,1-4H3,(H,21,25). The predicted molar refractivity (Wildman–Crippen MR) is 97.2 cm³/mol. The van der Waals surface area contributed by atoms with Gasteiger partial charge in [-0.3, -0.25) is 4.79 Å². The summed E-state index contributed by atoms with van der Waals surface area (Å²) in [5.74, 6) is 1.45. The van der Waals surface area contributed by atoms with Crippen LogP contribution in [0.2, 0.25) is 0 Å². The molecule has 7 heteroatoms. The Balaban J connectivity index is 1.62. The molecule has 0 spiro atoms. The number of amides is 1. The van der Waals surface area contributed by atoms with Gasteiger partial charge in [-0.2, -0.15) is 5.10 Å². The third kappa shape index (κ3) is 3.66. The molecule has 0 bridgehead atoms. The SMILES string of the molecule is Cc1noc(C)c1CC(=O)NCCc1c(C)nn(-c2ccccn2)c1C. The summed E-state index contributed by atoms with van der Waals surface area (Å²) >= 11 is 0. The molecule has 26 heavy (non-hydrogen) atoms. The number of hydrogen-bond acceptors (Lipinski definition) is 5. The molecule has 0 aromatic carbocycles. The van der Waals surface area contributed by atoms with E-state index in [1.54, 1.807) is 6.20 Å². The average molecular weight is 353 g/mol. The summed E-state index contributed by atoms with van der Waals surface area (Å²) in [5.41, 5.74) is 4.75. The summed E-state index contributed by atoms with van der Waals surface area (Å²) in [6, 6.07) is 5.74. The van der Waals surface area contributed by atoms with Gasteiger partial charge in [0.05, 0.1) is 17.8 Å². The second-order valence-corrected chi connectivity index (χ2v) is 6.33. The maximum absolute atomic E-state index is 12.2. The van der Waals surface area contributed by atoms with Crippen molar-refractivity contribution in [2.24, 2.45) is 0 Å². The van der Waals surface area contributed by atoms with Crippen LogP contribution in [-0.2, 0) is 17.6 Å². The van der Waals surface area contributed by atoms with E-state index in [4.69, 9.17) is 4.52 Å². The highest BCUT2D eigenvalue weighted by Gasteiger charge is 2.15. The number of aromatic nitrogens is 4. The smallest absolute Gasteiger partial charge is 0.224 e. The highest BCUT2D eigenvalue weighted by molar-refractivity contribution is 5.79. The Morgan fingerprint density at radius 3 is 2.62 bits per heavy atom. The van der Waals surface area contributed by atoms with Crippen molar-refractivity contribution >= 4 is 5.91 Å². The van der Waals surface area contributed by atoms with Gasteiger partial charge >= 0.3 is 0 Å². The lowest BCUT2D eigenvalue weighted by Crippen LogP contribution is -2.27. The van der Waals surface area contributed by atoms with Crippen LogP contribution in [0.4, 0.5) is 0 Å². The molecule has 0 aliphatic rings. The van der Waals surface area contributed by atoms with Gasteiger partial charge in [-0.05, 0) is 51.8 Å². The van der Waals surface area contributed by atoms with Crippen molar-refractivity contribution in [2.45, 2.75) is 40.5 Å². The molecular formula is C19H23N5O2. The first-order valence-corrected chi connectivity index (χ1v) is 8.62. The zero-order chi connectivity index (χ0) is 18.7. The zero-order valence-electron chi connectivity index (χ0n) is 15.5. The number of rotatable bonds is 6. The molecule has 0 saturated carbocycles. The van der Waals surface area contributed by atoms with Crippen molar-refractivity contribution < 1.29 is 9.32 Å². The van der Waals surface area contributed by atoms with Crippen LogP contribution < -0.4 is 5.32 Å². The average Bonchev–Trinajstić information content (AvgIpc) is 3.10. The minimum absolute atomic E-state index is 0.0353. The molecule has 136 valence electrons. The molecule has 0 atom stereocenters. The molecule has 3 heterocycles. The van der Waals surface area contributed by atoms with Crippen LogP contribution in [-0.4, -0.2) is 32.4 Å². The quantitative estimate of drug-likeness (QED) is 0.735. The van der Waals surface area contributed by atoms with E-state index in [2.05, 4.69) is 20.6 Å². The van der Waals surface area contributed by atoms with Gasteiger partial charge < -0.3 is 9.84 Å². The number of nitrogens with one attached hydrogen (secondary N) is 1. The second-order valence-electron chi connectivity index (χ2n) is 6.33. The number of aryl methyl sites for hydroxylation is 3. The lowest BCUT2D eigenvalue weighted by atomic mass is 10.1. The lowest BCUT2D eigenvalue weighted by Gasteiger charge is -2.06. The van der Waals surface area contributed by atoms with Crippen molar-refractivity contribution in [3.63, 3.8) is 0 Å². The molecule has 0 unspecified atom stereocenters. The molecule has 0 aliphatic heterocycles. The zero-order valence-corrected chi connectivity index (χ0v) is 15.5. The van der Waals surface area contributed by atoms with Crippen molar-refractivity contribution in [3.8, 4) is 5.82 Å². The Kier molecular flexibility index (Phi) is 5.16. The molecule has 3 aromatic rings. The van der Waals surface area contributed by atoms with E-state index in [1.165, 1.54) is 0 Å². The van der Waals surface area contributed by atoms with E-state index in [0.29, 0.717) is 12.3 Å². The van der Waals surface area contributed by atoms with Crippen LogP contribution in [0.5, 0.6) is 0 Å². The predicted octanol–water partition coefficient (Wildman–Crippen LogP) is 2.39. The fourth-order valence-corrected chi connectivity index (χ4v) is 3.04. The Bertz CT molecular complexity index is 892. The van der Waals surface area contributed by atoms with Gasteiger partial charge in [-0.25, -0.2) is 9.67 Å². The largest absolute Gasteiger partial charge is 0.361 e. The summed E-state index contributed by atoms with van der Waals surface area (Å²) in [6.45, 7) is 8.22. The summed E-state index contributed by atoms with van der Waals surface area (Å²) in [6.07, 6.45) is 2.75. The van der Waals surface area contributed by atoms with Crippen LogP contribution >= 0.6 is 0 Å². The second kappa shape index (κ2) is 7.51. The van der Waals surface area contributed by atoms with Crippen molar-refractivity contribution in [3.05, 3.63) is 58.4 Å². The summed E-state index contributed by atoms with van der Waals surface area (Å²) in [5, 5.41) is 11.4. The number of carbonyl (C=O) groups is 1. The molecule has 0 radical (unpaired) electrons. The highest BCUT2D eigenvalue weighted by Crippen LogP contribution is 2.17. The van der Waals surface area contributed by atoms with E-state index in [9.17, 15) is 4.79 Å². The fourth-order valence-electron chi connectivity index (χ4n) is 3.04. The van der Waals surface area contributed by atoms with Gasteiger partial charge in [0.1, 0.15) is 5.76 Å². The van der Waals surface area contributed by atoms with E-state index in [1.807, 2.05) is 50.6 Å². The van der Waals surface area contributed by atoms with E-state index in [0.717, 1.165) is 40.4 Å². The molecule has 0 fully saturated rings. The fraction of sp³-hybridized carbons (Fsp3) is 0.368.